The summed E-state index contributed by atoms with van der Waals surface area (Å²) in [5.41, 5.74) is -0.378. The number of nitrogens with zero attached hydrogens (tertiary/aromatic N) is 3. The van der Waals surface area contributed by atoms with Gasteiger partial charge >= 0.3 is 6.03 Å². The van der Waals surface area contributed by atoms with Crippen molar-refractivity contribution < 1.29 is 14.5 Å². The van der Waals surface area contributed by atoms with Gasteiger partial charge in [-0.3, -0.25) is 10.1 Å². The number of nitro benzene ring substituents is 1. The lowest BCUT2D eigenvalue weighted by Gasteiger charge is -2.24. The number of urea groups is 1. The van der Waals surface area contributed by atoms with E-state index in [0.29, 0.717) is 13.1 Å². The molecular formula is C15H18N4O4. The molecule has 8 heteroatoms. The van der Waals surface area contributed by atoms with E-state index in [1.807, 2.05) is 13.0 Å². The Labute approximate surface area is 133 Å². The maximum atomic E-state index is 12.0. The molecule has 1 aliphatic rings. The first-order valence-corrected chi connectivity index (χ1v) is 7.43. The number of carbonyl (C=O) groups excluding carboxylic acids is 1. The lowest BCUT2D eigenvalue weighted by molar-refractivity contribution is -0.385. The van der Waals surface area contributed by atoms with Crippen LogP contribution in [-0.2, 0) is 0 Å². The van der Waals surface area contributed by atoms with Crippen LogP contribution in [0.4, 0.5) is 10.5 Å². The Morgan fingerprint density at radius 2 is 2.39 bits per heavy atom. The minimum Gasteiger partial charge on any atom is -0.490 e. The Morgan fingerprint density at radius 3 is 3.04 bits per heavy atom. The molecule has 1 atom stereocenters. The van der Waals surface area contributed by atoms with Crippen molar-refractivity contribution in [1.82, 2.24) is 10.2 Å². The highest BCUT2D eigenvalue weighted by Gasteiger charge is 2.29. The van der Waals surface area contributed by atoms with Crippen molar-refractivity contribution in [3.63, 3.8) is 0 Å². The molecule has 1 saturated heterocycles. The van der Waals surface area contributed by atoms with Crippen LogP contribution in [0.15, 0.2) is 18.2 Å². The molecule has 0 radical (unpaired) electrons. The number of likely N-dealkylation sites (tertiary alicyclic amines) is 1. The SMILES string of the molecule is CCNC(=O)N1CCCC1COc1cccc([N+](=O)[O-])c1C#N. The predicted molar refractivity (Wildman–Crippen MR) is 82.1 cm³/mol. The Bertz CT molecular complexity index is 641. The van der Waals surface area contributed by atoms with Gasteiger partial charge in [-0.05, 0) is 25.8 Å². The maximum Gasteiger partial charge on any atom is 0.317 e. The topological polar surface area (TPSA) is 108 Å². The summed E-state index contributed by atoms with van der Waals surface area (Å²) >= 11 is 0. The fourth-order valence-corrected chi connectivity index (χ4v) is 2.62. The van der Waals surface area contributed by atoms with E-state index in [1.54, 1.807) is 4.90 Å². The zero-order chi connectivity index (χ0) is 16.8. The number of amides is 2. The second kappa shape index (κ2) is 7.45. The number of ether oxygens (including phenoxy) is 1. The molecule has 0 bridgehead atoms. The van der Waals surface area contributed by atoms with Crippen LogP contribution in [-0.4, -0.2) is 41.6 Å². The van der Waals surface area contributed by atoms with Gasteiger partial charge in [-0.1, -0.05) is 6.07 Å². The Balaban J connectivity index is 2.09. The Hall–Kier alpha value is -2.82. The van der Waals surface area contributed by atoms with Gasteiger partial charge in [0.1, 0.15) is 18.4 Å². The first-order valence-electron chi connectivity index (χ1n) is 7.43. The summed E-state index contributed by atoms with van der Waals surface area (Å²) in [5, 5.41) is 22.8. The van der Waals surface area contributed by atoms with Crippen molar-refractivity contribution in [2.24, 2.45) is 0 Å². The molecule has 122 valence electrons. The summed E-state index contributed by atoms with van der Waals surface area (Å²) in [5.74, 6) is 0.171. The molecule has 8 nitrogen and oxygen atoms in total. The third-order valence-electron chi connectivity index (χ3n) is 3.71. The lowest BCUT2D eigenvalue weighted by atomic mass is 10.1. The maximum absolute atomic E-state index is 12.0. The van der Waals surface area contributed by atoms with Gasteiger partial charge in [-0.2, -0.15) is 5.26 Å². The minimum atomic E-state index is -0.609. The molecule has 1 aromatic rings. The largest absolute Gasteiger partial charge is 0.490 e. The molecule has 1 heterocycles. The molecule has 1 unspecified atom stereocenters. The summed E-state index contributed by atoms with van der Waals surface area (Å²) in [6, 6.07) is 5.84. The molecular weight excluding hydrogens is 300 g/mol. The van der Waals surface area contributed by atoms with E-state index in [-0.39, 0.29) is 35.7 Å². The molecule has 1 aromatic carbocycles. The standard InChI is InChI=1S/C15H18N4O4/c1-2-17-15(20)18-8-4-5-11(18)10-23-14-7-3-6-13(19(21)22)12(14)9-16/h3,6-7,11H,2,4-5,8,10H2,1H3,(H,17,20). The minimum absolute atomic E-state index is 0.0972. The van der Waals surface area contributed by atoms with Crippen LogP contribution in [0.5, 0.6) is 5.75 Å². The summed E-state index contributed by atoms with van der Waals surface area (Å²) < 4.78 is 5.61. The van der Waals surface area contributed by atoms with Crippen LogP contribution in [0.1, 0.15) is 25.3 Å². The van der Waals surface area contributed by atoms with Gasteiger partial charge in [-0.25, -0.2) is 4.79 Å². The molecule has 0 saturated carbocycles. The number of hydrogen-bond donors (Lipinski definition) is 1. The fraction of sp³-hybridized carbons (Fsp3) is 0.467. The molecule has 0 spiro atoms. The summed E-state index contributed by atoms with van der Waals surface area (Å²) in [6.45, 7) is 3.25. The van der Waals surface area contributed by atoms with E-state index in [9.17, 15) is 14.9 Å². The first kappa shape index (κ1) is 16.5. The van der Waals surface area contributed by atoms with Crippen molar-refractivity contribution in [3.05, 3.63) is 33.9 Å². The fourth-order valence-electron chi connectivity index (χ4n) is 2.62. The second-order valence-electron chi connectivity index (χ2n) is 5.16. The predicted octanol–water partition coefficient (Wildman–Crippen LogP) is 2.04. The number of carbonyl (C=O) groups is 1. The number of hydrogen-bond acceptors (Lipinski definition) is 5. The molecule has 23 heavy (non-hydrogen) atoms. The Kier molecular flexibility index (Phi) is 5.36. The third-order valence-corrected chi connectivity index (χ3v) is 3.71. The van der Waals surface area contributed by atoms with Gasteiger partial charge in [0.05, 0.1) is 11.0 Å². The van der Waals surface area contributed by atoms with Crippen molar-refractivity contribution in [3.8, 4) is 11.8 Å². The van der Waals surface area contributed by atoms with Gasteiger partial charge in [0.15, 0.2) is 5.56 Å². The lowest BCUT2D eigenvalue weighted by Crippen LogP contribution is -2.44. The molecule has 1 N–H and O–H groups in total. The summed E-state index contributed by atoms with van der Waals surface area (Å²) in [4.78, 5) is 24.0. The zero-order valence-electron chi connectivity index (χ0n) is 12.8. The van der Waals surface area contributed by atoms with Gasteiger partial charge in [0.25, 0.3) is 5.69 Å². The number of nitrogens with one attached hydrogen (secondary N) is 1. The van der Waals surface area contributed by atoms with Crippen LogP contribution in [0, 0.1) is 21.4 Å². The van der Waals surface area contributed by atoms with E-state index in [2.05, 4.69) is 5.32 Å². The van der Waals surface area contributed by atoms with Gasteiger partial charge in [0, 0.05) is 19.2 Å². The number of nitro groups is 1. The second-order valence-corrected chi connectivity index (χ2v) is 5.16. The van der Waals surface area contributed by atoms with Crippen molar-refractivity contribution >= 4 is 11.7 Å². The van der Waals surface area contributed by atoms with Gasteiger partial charge in [-0.15, -0.1) is 0 Å². The smallest absolute Gasteiger partial charge is 0.317 e. The zero-order valence-corrected chi connectivity index (χ0v) is 12.8. The van der Waals surface area contributed by atoms with Crippen molar-refractivity contribution in [2.45, 2.75) is 25.8 Å². The average molecular weight is 318 g/mol. The van der Waals surface area contributed by atoms with Crippen LogP contribution < -0.4 is 10.1 Å². The quantitative estimate of drug-likeness (QED) is 0.660. The molecule has 0 aromatic heterocycles. The molecule has 1 aliphatic heterocycles. The number of benzene rings is 1. The number of nitriles is 1. The van der Waals surface area contributed by atoms with Crippen LogP contribution in [0.2, 0.25) is 0 Å². The molecule has 1 fully saturated rings. The van der Waals surface area contributed by atoms with E-state index in [0.717, 1.165) is 12.8 Å². The van der Waals surface area contributed by atoms with E-state index >= 15 is 0 Å². The van der Waals surface area contributed by atoms with Crippen LogP contribution in [0.3, 0.4) is 0 Å². The van der Waals surface area contributed by atoms with Gasteiger partial charge in [0.2, 0.25) is 0 Å². The van der Waals surface area contributed by atoms with Crippen molar-refractivity contribution in [2.75, 3.05) is 19.7 Å². The van der Waals surface area contributed by atoms with Crippen LogP contribution >= 0.6 is 0 Å². The highest BCUT2D eigenvalue weighted by Crippen LogP contribution is 2.28. The van der Waals surface area contributed by atoms with Crippen molar-refractivity contribution in [1.29, 1.82) is 5.26 Å². The third kappa shape index (κ3) is 3.69. The molecule has 0 aliphatic carbocycles. The molecule has 2 amide bonds. The first-order chi connectivity index (χ1) is 11.1. The highest BCUT2D eigenvalue weighted by molar-refractivity contribution is 5.74. The number of rotatable bonds is 5. The normalized spacial score (nSPS) is 16.7. The van der Waals surface area contributed by atoms with E-state index < -0.39 is 4.92 Å². The summed E-state index contributed by atoms with van der Waals surface area (Å²) in [6.07, 6.45) is 1.68. The summed E-state index contributed by atoms with van der Waals surface area (Å²) in [7, 11) is 0. The highest BCUT2D eigenvalue weighted by atomic mass is 16.6. The monoisotopic (exact) mass is 318 g/mol. The average Bonchev–Trinajstić information content (AvgIpc) is 3.01. The Morgan fingerprint density at radius 1 is 1.61 bits per heavy atom. The van der Waals surface area contributed by atoms with E-state index in [1.165, 1.54) is 18.2 Å². The molecule has 2 rings (SSSR count). The van der Waals surface area contributed by atoms with Gasteiger partial charge < -0.3 is 15.0 Å². The van der Waals surface area contributed by atoms with E-state index in [4.69, 9.17) is 10.00 Å². The van der Waals surface area contributed by atoms with Crippen LogP contribution in [0.25, 0.3) is 0 Å².